The van der Waals surface area contributed by atoms with Crippen molar-refractivity contribution < 1.29 is 9.31 Å². The van der Waals surface area contributed by atoms with E-state index in [1.165, 1.54) is 5.69 Å². The molecule has 2 heterocycles. The second-order valence-electron chi connectivity index (χ2n) is 5.55. The number of aryl methyl sites for hydroxylation is 1. The van der Waals surface area contributed by atoms with Gasteiger partial charge in [0.05, 0.1) is 11.2 Å². The fraction of sp³-hybridized carbons (Fsp3) is 0.667. The fourth-order valence-corrected chi connectivity index (χ4v) is 1.83. The molecule has 0 atom stereocenters. The van der Waals surface area contributed by atoms with E-state index in [0.717, 1.165) is 5.59 Å². The molecule has 0 aliphatic carbocycles. The Bertz CT molecular complexity index is 393. The van der Waals surface area contributed by atoms with Gasteiger partial charge in [0, 0.05) is 18.3 Å². The number of nitrogens with zero attached hydrogens (tertiary/aromatic N) is 1. The van der Waals surface area contributed by atoms with E-state index in [1.807, 2.05) is 7.05 Å². The first-order chi connectivity index (χ1) is 7.24. The molecule has 1 saturated heterocycles. The zero-order valence-electron chi connectivity index (χ0n) is 11.0. The summed E-state index contributed by atoms with van der Waals surface area (Å²) in [6.07, 6.45) is 0. The van der Waals surface area contributed by atoms with Gasteiger partial charge in [-0.15, -0.1) is 0 Å². The summed E-state index contributed by atoms with van der Waals surface area (Å²) in [7, 11) is 1.78. The van der Waals surface area contributed by atoms with Crippen molar-refractivity contribution >= 4 is 12.7 Å². The van der Waals surface area contributed by atoms with Gasteiger partial charge in [-0.3, -0.25) is 0 Å². The Balaban J connectivity index is 2.30. The van der Waals surface area contributed by atoms with Gasteiger partial charge in [-0.2, -0.15) is 0 Å². The van der Waals surface area contributed by atoms with E-state index in [2.05, 4.69) is 51.3 Å². The average Bonchev–Trinajstić information content (AvgIpc) is 2.54. The second-order valence-corrected chi connectivity index (χ2v) is 5.55. The first kappa shape index (κ1) is 11.7. The van der Waals surface area contributed by atoms with Gasteiger partial charge in [-0.1, -0.05) is 0 Å². The molecule has 1 fully saturated rings. The van der Waals surface area contributed by atoms with Crippen LogP contribution >= 0.6 is 0 Å². The van der Waals surface area contributed by atoms with Crippen molar-refractivity contribution in [1.29, 1.82) is 0 Å². The van der Waals surface area contributed by atoms with Crippen LogP contribution in [0.2, 0.25) is 0 Å². The molecule has 4 heteroatoms. The van der Waals surface area contributed by atoms with Crippen LogP contribution in [0.3, 0.4) is 0 Å². The molecule has 88 valence electrons. The van der Waals surface area contributed by atoms with Gasteiger partial charge < -0.3 is 13.9 Å². The summed E-state index contributed by atoms with van der Waals surface area (Å²) in [5, 5.41) is 0. The highest BCUT2D eigenvalue weighted by Crippen LogP contribution is 2.36. The number of hydrogen-bond acceptors (Lipinski definition) is 2. The minimum atomic E-state index is -0.268. The standard InChI is InChI=1S/C12H20BNO2/c1-9-7-8-10(14(9)6)13-15-11(2,3)12(4,5)16-13/h7-8H,1-6H3. The molecule has 0 bridgehead atoms. The van der Waals surface area contributed by atoms with Gasteiger partial charge in [0.2, 0.25) is 0 Å². The van der Waals surface area contributed by atoms with Crippen LogP contribution in [0.1, 0.15) is 33.4 Å². The Morgan fingerprint density at radius 1 is 1.06 bits per heavy atom. The Hall–Kier alpha value is -0.735. The number of hydrogen-bond donors (Lipinski definition) is 0. The maximum absolute atomic E-state index is 6.00. The molecule has 0 unspecified atom stereocenters. The summed E-state index contributed by atoms with van der Waals surface area (Å²) in [5.41, 5.74) is 1.76. The van der Waals surface area contributed by atoms with E-state index in [9.17, 15) is 0 Å². The lowest BCUT2D eigenvalue weighted by Crippen LogP contribution is -2.41. The predicted octanol–water partition coefficient (Wildman–Crippen LogP) is 1.63. The zero-order chi connectivity index (χ0) is 12.1. The summed E-state index contributed by atoms with van der Waals surface area (Å²) >= 11 is 0. The molecule has 3 nitrogen and oxygen atoms in total. The molecule has 1 aliphatic heterocycles. The third kappa shape index (κ3) is 1.60. The first-order valence-corrected chi connectivity index (χ1v) is 5.72. The van der Waals surface area contributed by atoms with Crippen LogP contribution in [0.25, 0.3) is 0 Å². The molecule has 0 saturated carbocycles. The lowest BCUT2D eigenvalue weighted by Gasteiger charge is -2.32. The number of rotatable bonds is 1. The van der Waals surface area contributed by atoms with E-state index in [4.69, 9.17) is 9.31 Å². The Morgan fingerprint density at radius 3 is 1.94 bits per heavy atom. The van der Waals surface area contributed by atoms with Crippen LogP contribution in [0.5, 0.6) is 0 Å². The zero-order valence-corrected chi connectivity index (χ0v) is 11.0. The van der Waals surface area contributed by atoms with Gasteiger partial charge >= 0.3 is 7.12 Å². The number of aromatic nitrogens is 1. The van der Waals surface area contributed by atoms with Crippen molar-refractivity contribution in [3.05, 3.63) is 17.8 Å². The minimum absolute atomic E-state index is 0.260. The van der Waals surface area contributed by atoms with E-state index in [1.54, 1.807) is 0 Å². The van der Waals surface area contributed by atoms with Gasteiger partial charge in [0.1, 0.15) is 0 Å². The van der Waals surface area contributed by atoms with Crippen LogP contribution in [-0.4, -0.2) is 22.9 Å². The Morgan fingerprint density at radius 2 is 1.56 bits per heavy atom. The summed E-state index contributed by atoms with van der Waals surface area (Å²) in [6, 6.07) is 4.15. The normalized spacial score (nSPS) is 22.8. The highest BCUT2D eigenvalue weighted by atomic mass is 16.7. The van der Waals surface area contributed by atoms with Crippen LogP contribution in [0, 0.1) is 6.92 Å². The Labute approximate surface area is 97.9 Å². The molecule has 0 spiro atoms. The fourth-order valence-electron chi connectivity index (χ4n) is 1.83. The second kappa shape index (κ2) is 3.38. The maximum atomic E-state index is 6.00. The van der Waals surface area contributed by atoms with E-state index in [0.29, 0.717) is 0 Å². The Kier molecular flexibility index (Phi) is 2.48. The summed E-state index contributed by atoms with van der Waals surface area (Å²) in [4.78, 5) is 0. The van der Waals surface area contributed by atoms with E-state index >= 15 is 0 Å². The van der Waals surface area contributed by atoms with Gasteiger partial charge in [-0.25, -0.2) is 0 Å². The first-order valence-electron chi connectivity index (χ1n) is 5.72. The lowest BCUT2D eigenvalue weighted by molar-refractivity contribution is 0.00578. The van der Waals surface area contributed by atoms with Gasteiger partial charge in [-0.05, 0) is 46.8 Å². The van der Waals surface area contributed by atoms with Gasteiger partial charge in [0.15, 0.2) is 0 Å². The molecular formula is C12H20BNO2. The van der Waals surface area contributed by atoms with Crippen molar-refractivity contribution in [2.24, 2.45) is 7.05 Å². The smallest absolute Gasteiger partial charge is 0.398 e. The SMILES string of the molecule is Cc1ccc(B2OC(C)(C)C(C)(C)O2)n1C. The minimum Gasteiger partial charge on any atom is -0.398 e. The van der Waals surface area contributed by atoms with Crippen molar-refractivity contribution in [3.63, 3.8) is 0 Å². The van der Waals surface area contributed by atoms with Crippen molar-refractivity contribution in [3.8, 4) is 0 Å². The molecule has 0 radical (unpaired) electrons. The molecule has 1 aromatic rings. The van der Waals surface area contributed by atoms with Crippen LogP contribution in [-0.2, 0) is 16.4 Å². The third-order valence-corrected chi connectivity index (χ3v) is 3.91. The largest absolute Gasteiger partial charge is 0.512 e. The highest BCUT2D eigenvalue weighted by molar-refractivity contribution is 6.61. The maximum Gasteiger partial charge on any atom is 0.512 e. The van der Waals surface area contributed by atoms with Crippen molar-refractivity contribution in [2.45, 2.75) is 45.8 Å². The summed E-state index contributed by atoms with van der Waals surface area (Å²) in [5.74, 6) is 0. The molecule has 1 aliphatic rings. The third-order valence-electron chi connectivity index (χ3n) is 3.91. The molecule has 0 amide bonds. The molecule has 16 heavy (non-hydrogen) atoms. The van der Waals surface area contributed by atoms with Crippen LogP contribution in [0.4, 0.5) is 0 Å². The predicted molar refractivity (Wildman–Crippen MR) is 65.9 cm³/mol. The van der Waals surface area contributed by atoms with E-state index in [-0.39, 0.29) is 18.3 Å². The molecular weight excluding hydrogens is 201 g/mol. The average molecular weight is 221 g/mol. The monoisotopic (exact) mass is 221 g/mol. The summed E-state index contributed by atoms with van der Waals surface area (Å²) in [6.45, 7) is 10.4. The van der Waals surface area contributed by atoms with E-state index < -0.39 is 0 Å². The molecule has 1 aromatic heterocycles. The topological polar surface area (TPSA) is 23.4 Å². The molecule has 0 N–H and O–H groups in total. The van der Waals surface area contributed by atoms with Gasteiger partial charge in [0.25, 0.3) is 0 Å². The lowest BCUT2D eigenvalue weighted by atomic mass is 9.85. The molecule has 0 aromatic carbocycles. The van der Waals surface area contributed by atoms with Crippen LogP contribution in [0.15, 0.2) is 12.1 Å². The molecule has 2 rings (SSSR count). The van der Waals surface area contributed by atoms with Crippen molar-refractivity contribution in [1.82, 2.24) is 4.57 Å². The highest BCUT2D eigenvalue weighted by Gasteiger charge is 2.52. The van der Waals surface area contributed by atoms with Crippen molar-refractivity contribution in [2.75, 3.05) is 0 Å². The quantitative estimate of drug-likeness (QED) is 0.673. The summed E-state index contributed by atoms with van der Waals surface area (Å²) < 4.78 is 14.1. The van der Waals surface area contributed by atoms with Crippen LogP contribution < -0.4 is 5.59 Å².